The lowest BCUT2D eigenvalue weighted by Crippen LogP contribution is -2.21. The highest BCUT2D eigenvalue weighted by Crippen LogP contribution is 2.38. The number of aromatic nitrogens is 4. The third-order valence-electron chi connectivity index (χ3n) is 8.33. The number of benzene rings is 3. The van der Waals surface area contributed by atoms with Crippen LogP contribution in [0.4, 0.5) is 11.4 Å². The number of anilines is 2. The summed E-state index contributed by atoms with van der Waals surface area (Å²) in [7, 11) is 0. The maximum atomic E-state index is 10.0. The number of pyridine rings is 1. The third-order valence-corrected chi connectivity index (χ3v) is 8.55. The van der Waals surface area contributed by atoms with Crippen LogP contribution in [-0.2, 0) is 6.54 Å². The zero-order valence-corrected chi connectivity index (χ0v) is 25.7. The molecule has 1 aliphatic heterocycles. The van der Waals surface area contributed by atoms with Gasteiger partial charge in [0.2, 0.25) is 0 Å². The predicted molar refractivity (Wildman–Crippen MR) is 177 cm³/mol. The van der Waals surface area contributed by atoms with Crippen LogP contribution in [0, 0.1) is 11.3 Å². The molecule has 1 fully saturated rings. The molecule has 0 spiro atoms. The van der Waals surface area contributed by atoms with Crippen LogP contribution < -0.4 is 10.6 Å². The topological polar surface area (TPSA) is 94.7 Å². The summed E-state index contributed by atoms with van der Waals surface area (Å²) < 4.78 is 1.94. The molecule has 0 bridgehead atoms. The van der Waals surface area contributed by atoms with Gasteiger partial charge in [-0.05, 0) is 68.6 Å². The summed E-state index contributed by atoms with van der Waals surface area (Å²) in [6.07, 6.45) is 8.14. The molecule has 1 unspecified atom stereocenters. The van der Waals surface area contributed by atoms with E-state index in [2.05, 4.69) is 63.1 Å². The second kappa shape index (κ2) is 13.9. The predicted octanol–water partition coefficient (Wildman–Crippen LogP) is 7.60. The van der Waals surface area contributed by atoms with E-state index in [9.17, 15) is 5.26 Å². The second-order valence-corrected chi connectivity index (χ2v) is 11.8. The fourth-order valence-electron chi connectivity index (χ4n) is 6.05. The van der Waals surface area contributed by atoms with Crippen molar-refractivity contribution in [2.75, 3.05) is 30.3 Å². The number of hydrogen-bond acceptors (Lipinski definition) is 7. The van der Waals surface area contributed by atoms with E-state index in [-0.39, 0.29) is 12.1 Å². The first-order chi connectivity index (χ1) is 21.6. The van der Waals surface area contributed by atoms with Crippen LogP contribution in [-0.4, -0.2) is 44.5 Å². The van der Waals surface area contributed by atoms with E-state index in [0.717, 1.165) is 65.0 Å². The van der Waals surface area contributed by atoms with Crippen molar-refractivity contribution in [3.8, 4) is 6.07 Å². The van der Waals surface area contributed by atoms with E-state index in [4.69, 9.17) is 16.6 Å². The zero-order valence-electron chi connectivity index (χ0n) is 25.0. The summed E-state index contributed by atoms with van der Waals surface area (Å²) in [5, 5.41) is 27.8. The SMILES string of the molecule is CC[C@@H](Nc1c(C#N)cnc2c(NC(c3ccccc3)c3cn(CCCN4CCCC4)nn3)cc(Cl)cc12)c1ccccc1. The van der Waals surface area contributed by atoms with Crippen LogP contribution in [0.3, 0.4) is 0 Å². The lowest BCUT2D eigenvalue weighted by molar-refractivity contribution is 0.321. The van der Waals surface area contributed by atoms with Crippen LogP contribution in [0.2, 0.25) is 5.02 Å². The Kier molecular flexibility index (Phi) is 9.35. The summed E-state index contributed by atoms with van der Waals surface area (Å²) in [5.74, 6) is 0. The average Bonchev–Trinajstić information content (AvgIpc) is 3.76. The van der Waals surface area contributed by atoms with Gasteiger partial charge >= 0.3 is 0 Å². The second-order valence-electron chi connectivity index (χ2n) is 11.3. The van der Waals surface area contributed by atoms with Crippen molar-refractivity contribution in [1.29, 1.82) is 5.26 Å². The zero-order chi connectivity index (χ0) is 30.3. The van der Waals surface area contributed by atoms with Gasteiger partial charge in [0.25, 0.3) is 0 Å². The molecule has 9 heteroatoms. The average molecular weight is 605 g/mol. The summed E-state index contributed by atoms with van der Waals surface area (Å²) in [5.41, 5.74) is 5.68. The first kappa shape index (κ1) is 29.6. The maximum absolute atomic E-state index is 10.0. The summed E-state index contributed by atoms with van der Waals surface area (Å²) in [4.78, 5) is 7.27. The minimum atomic E-state index is -0.285. The van der Waals surface area contributed by atoms with Crippen molar-refractivity contribution >= 4 is 33.9 Å². The van der Waals surface area contributed by atoms with E-state index in [1.165, 1.54) is 25.9 Å². The molecule has 1 aliphatic rings. The molecule has 2 aromatic heterocycles. The van der Waals surface area contributed by atoms with Gasteiger partial charge in [0.15, 0.2) is 0 Å². The normalized spacial score (nSPS) is 14.8. The van der Waals surface area contributed by atoms with Crippen molar-refractivity contribution in [2.24, 2.45) is 0 Å². The Morgan fingerprint density at radius 3 is 2.39 bits per heavy atom. The highest BCUT2D eigenvalue weighted by molar-refractivity contribution is 6.32. The largest absolute Gasteiger partial charge is 0.377 e. The van der Waals surface area contributed by atoms with Gasteiger partial charge in [0, 0.05) is 23.2 Å². The molecule has 0 aliphatic carbocycles. The number of fused-ring (bicyclic) bond motifs is 1. The molecule has 6 rings (SSSR count). The van der Waals surface area contributed by atoms with E-state index >= 15 is 0 Å². The first-order valence-electron chi connectivity index (χ1n) is 15.4. The van der Waals surface area contributed by atoms with E-state index in [0.29, 0.717) is 10.6 Å². The molecule has 224 valence electrons. The molecule has 1 saturated heterocycles. The fraction of sp³-hybridized carbons (Fsp3) is 0.314. The molecule has 3 aromatic carbocycles. The Labute approximate surface area is 263 Å². The van der Waals surface area contributed by atoms with Crippen LogP contribution in [0.25, 0.3) is 10.9 Å². The quantitative estimate of drug-likeness (QED) is 0.151. The van der Waals surface area contributed by atoms with Crippen LogP contribution in [0.5, 0.6) is 0 Å². The van der Waals surface area contributed by atoms with Crippen molar-refractivity contribution in [2.45, 2.75) is 51.2 Å². The number of hydrogen-bond donors (Lipinski definition) is 2. The molecule has 44 heavy (non-hydrogen) atoms. The van der Waals surface area contributed by atoms with Crippen LogP contribution >= 0.6 is 11.6 Å². The Hall–Kier alpha value is -4.45. The maximum Gasteiger partial charge on any atom is 0.109 e. The number of nitrogens with zero attached hydrogens (tertiary/aromatic N) is 6. The van der Waals surface area contributed by atoms with Gasteiger partial charge in [-0.1, -0.05) is 84.4 Å². The van der Waals surface area contributed by atoms with Gasteiger partial charge in [0.1, 0.15) is 11.8 Å². The lowest BCUT2D eigenvalue weighted by atomic mass is 10.0. The Balaban J connectivity index is 1.33. The minimum Gasteiger partial charge on any atom is -0.377 e. The van der Waals surface area contributed by atoms with Gasteiger partial charge in [-0.25, -0.2) is 0 Å². The Morgan fingerprint density at radius 2 is 1.68 bits per heavy atom. The van der Waals surface area contributed by atoms with Gasteiger partial charge in [0.05, 0.1) is 40.7 Å². The number of rotatable bonds is 12. The molecule has 0 amide bonds. The van der Waals surface area contributed by atoms with Crippen molar-refractivity contribution < 1.29 is 0 Å². The third kappa shape index (κ3) is 6.70. The summed E-state index contributed by atoms with van der Waals surface area (Å²) >= 11 is 6.75. The highest BCUT2D eigenvalue weighted by atomic mass is 35.5. The number of nitriles is 1. The molecule has 8 nitrogen and oxygen atoms in total. The highest BCUT2D eigenvalue weighted by Gasteiger charge is 2.22. The summed E-state index contributed by atoms with van der Waals surface area (Å²) in [6, 6.07) is 26.3. The van der Waals surface area contributed by atoms with Gasteiger partial charge in [-0.15, -0.1) is 5.10 Å². The van der Waals surface area contributed by atoms with E-state index in [1.807, 2.05) is 59.4 Å². The van der Waals surface area contributed by atoms with E-state index < -0.39 is 0 Å². The van der Waals surface area contributed by atoms with Crippen molar-refractivity contribution in [1.82, 2.24) is 24.9 Å². The molecule has 3 heterocycles. The Morgan fingerprint density at radius 1 is 0.955 bits per heavy atom. The molecule has 5 aromatic rings. The van der Waals surface area contributed by atoms with Crippen molar-refractivity contribution in [3.05, 3.63) is 113 Å². The molecule has 0 saturated carbocycles. The molecular weight excluding hydrogens is 568 g/mol. The number of nitrogens with one attached hydrogen (secondary N) is 2. The number of likely N-dealkylation sites (tertiary alicyclic amines) is 1. The molecule has 2 N–H and O–H groups in total. The van der Waals surface area contributed by atoms with Crippen LogP contribution in [0.15, 0.2) is 85.2 Å². The van der Waals surface area contributed by atoms with Gasteiger partial charge < -0.3 is 15.5 Å². The molecule has 0 radical (unpaired) electrons. The standard InChI is InChI=1S/C35H37ClN8/c1-2-30(25-12-5-3-6-13-25)39-33-27(22-37)23-38-35-29(33)20-28(36)21-31(35)40-34(26-14-7-4-8-15-26)32-24-44(42-41-32)19-11-18-43-16-9-10-17-43/h3-8,12-15,20-21,23-24,30,34,40H,2,9-11,16-19H2,1H3,(H,38,39)/t30-,34?/m1/s1. The lowest BCUT2D eigenvalue weighted by Gasteiger charge is -2.23. The van der Waals surface area contributed by atoms with Gasteiger partial charge in [-0.3, -0.25) is 9.67 Å². The van der Waals surface area contributed by atoms with E-state index in [1.54, 1.807) is 6.20 Å². The monoisotopic (exact) mass is 604 g/mol. The fourth-order valence-corrected chi connectivity index (χ4v) is 6.26. The van der Waals surface area contributed by atoms with Crippen LogP contribution in [0.1, 0.15) is 67.1 Å². The first-order valence-corrected chi connectivity index (χ1v) is 15.8. The molecule has 2 atom stereocenters. The smallest absolute Gasteiger partial charge is 0.109 e. The number of halogens is 1. The Bertz CT molecular complexity index is 1730. The molecular formula is C35H37ClN8. The summed E-state index contributed by atoms with van der Waals surface area (Å²) in [6.45, 7) is 6.42. The minimum absolute atomic E-state index is 0.0156. The van der Waals surface area contributed by atoms with Crippen molar-refractivity contribution in [3.63, 3.8) is 0 Å². The van der Waals surface area contributed by atoms with Gasteiger partial charge in [-0.2, -0.15) is 5.26 Å². The number of aryl methyl sites for hydroxylation is 1.